The molecule has 0 bridgehead atoms. The average molecular weight is 225 g/mol. The van der Waals surface area contributed by atoms with Gasteiger partial charge < -0.3 is 0 Å². The molecule has 0 radical (unpaired) electrons. The first-order valence-electron chi connectivity index (χ1n) is 5.20. The molecule has 0 aliphatic carbocycles. The molecule has 2 heterocycles. The van der Waals surface area contributed by atoms with E-state index >= 15 is 0 Å². The van der Waals surface area contributed by atoms with Crippen LogP contribution >= 0.6 is 11.3 Å². The van der Waals surface area contributed by atoms with Crippen molar-refractivity contribution in [1.29, 1.82) is 0 Å². The molecule has 0 spiro atoms. The zero-order valence-electron chi connectivity index (χ0n) is 9.08. The van der Waals surface area contributed by atoms with Crippen LogP contribution in [0.4, 0.5) is 0 Å². The largest absolute Gasteiger partial charge is 0.278 e. The van der Waals surface area contributed by atoms with Crippen LogP contribution in [0, 0.1) is 13.8 Å². The molecular weight excluding hydrogens is 210 g/mol. The molecule has 1 aromatic heterocycles. The van der Waals surface area contributed by atoms with Crippen molar-refractivity contribution < 1.29 is 9.63 Å². The number of aryl methyl sites for hydroxylation is 2. The van der Waals surface area contributed by atoms with E-state index in [9.17, 15) is 4.79 Å². The summed E-state index contributed by atoms with van der Waals surface area (Å²) in [5.41, 5.74) is 0.791. The quantitative estimate of drug-likeness (QED) is 0.735. The lowest BCUT2D eigenvalue weighted by molar-refractivity contribution is -0.144. The van der Waals surface area contributed by atoms with Crippen LogP contribution in [0.5, 0.6) is 0 Å². The summed E-state index contributed by atoms with van der Waals surface area (Å²) in [5, 5.41) is 1.50. The van der Waals surface area contributed by atoms with Crippen LogP contribution < -0.4 is 0 Å². The third-order valence-corrected chi connectivity index (χ3v) is 3.47. The van der Waals surface area contributed by atoms with Crippen LogP contribution in [0.25, 0.3) is 0 Å². The molecule has 1 aliphatic heterocycles. The van der Waals surface area contributed by atoms with Gasteiger partial charge in [0, 0.05) is 16.3 Å². The summed E-state index contributed by atoms with van der Waals surface area (Å²) >= 11 is 1.66. The Morgan fingerprint density at radius 2 is 2.27 bits per heavy atom. The van der Waals surface area contributed by atoms with Gasteiger partial charge >= 0.3 is 0 Å². The highest BCUT2D eigenvalue weighted by Crippen LogP contribution is 2.23. The number of thiophene rings is 1. The minimum absolute atomic E-state index is 0.0107. The van der Waals surface area contributed by atoms with Gasteiger partial charge in [-0.3, -0.25) is 9.63 Å². The van der Waals surface area contributed by atoms with Gasteiger partial charge in [-0.15, -0.1) is 11.3 Å². The van der Waals surface area contributed by atoms with Crippen LogP contribution in [-0.4, -0.2) is 24.1 Å². The van der Waals surface area contributed by atoms with E-state index in [0.29, 0.717) is 13.2 Å². The molecule has 1 saturated heterocycles. The standard InChI is InChI=1S/C11H15NO2S/c1-8-7-10(9(2)15-8)11(13)12-5-3-4-6-14-12/h7H,3-6H2,1-2H3. The lowest BCUT2D eigenvalue weighted by atomic mass is 10.2. The highest BCUT2D eigenvalue weighted by atomic mass is 32.1. The fraction of sp³-hybridized carbons (Fsp3) is 0.545. The second-order valence-corrected chi connectivity index (χ2v) is 5.23. The fourth-order valence-corrected chi connectivity index (χ4v) is 2.65. The highest BCUT2D eigenvalue weighted by Gasteiger charge is 2.21. The Balaban J connectivity index is 2.16. The topological polar surface area (TPSA) is 29.5 Å². The predicted octanol–water partition coefficient (Wildman–Crippen LogP) is 2.53. The van der Waals surface area contributed by atoms with Gasteiger partial charge in [0.15, 0.2) is 0 Å². The van der Waals surface area contributed by atoms with Crippen LogP contribution in [-0.2, 0) is 4.84 Å². The maximum absolute atomic E-state index is 12.0. The first kappa shape index (κ1) is 10.6. The summed E-state index contributed by atoms with van der Waals surface area (Å²) in [6.45, 7) is 5.38. The monoisotopic (exact) mass is 225 g/mol. The Morgan fingerprint density at radius 3 is 2.80 bits per heavy atom. The number of rotatable bonds is 1. The van der Waals surface area contributed by atoms with Crippen LogP contribution in [0.15, 0.2) is 6.07 Å². The van der Waals surface area contributed by atoms with Crippen LogP contribution in [0.3, 0.4) is 0 Å². The fourth-order valence-electron chi connectivity index (χ4n) is 1.73. The molecule has 0 N–H and O–H groups in total. The Bertz CT molecular complexity index is 367. The van der Waals surface area contributed by atoms with Crippen molar-refractivity contribution >= 4 is 17.2 Å². The third-order valence-electron chi connectivity index (χ3n) is 2.50. The van der Waals surface area contributed by atoms with E-state index in [4.69, 9.17) is 4.84 Å². The molecule has 15 heavy (non-hydrogen) atoms. The van der Waals surface area contributed by atoms with E-state index in [1.807, 2.05) is 19.9 Å². The summed E-state index contributed by atoms with van der Waals surface area (Å²) in [6, 6.07) is 1.94. The molecule has 1 amide bonds. The van der Waals surface area contributed by atoms with Gasteiger partial charge in [0.2, 0.25) is 0 Å². The smallest absolute Gasteiger partial charge is 0.271 e. The van der Waals surface area contributed by atoms with Gasteiger partial charge in [0.05, 0.1) is 12.2 Å². The highest BCUT2D eigenvalue weighted by molar-refractivity contribution is 7.12. The molecule has 3 nitrogen and oxygen atoms in total. The second kappa shape index (κ2) is 4.33. The lowest BCUT2D eigenvalue weighted by Gasteiger charge is -2.25. The molecule has 1 aromatic rings. The number of hydroxylamine groups is 2. The number of amides is 1. The van der Waals surface area contributed by atoms with Crippen molar-refractivity contribution in [3.63, 3.8) is 0 Å². The molecule has 0 unspecified atom stereocenters. The number of carbonyl (C=O) groups excluding carboxylic acids is 1. The minimum Gasteiger partial charge on any atom is -0.271 e. The molecule has 0 atom stereocenters. The molecule has 1 fully saturated rings. The summed E-state index contributed by atoms with van der Waals surface area (Å²) in [5.74, 6) is 0.0107. The van der Waals surface area contributed by atoms with Gasteiger partial charge in [-0.05, 0) is 32.8 Å². The molecule has 82 valence electrons. The summed E-state index contributed by atoms with van der Waals surface area (Å²) < 4.78 is 0. The summed E-state index contributed by atoms with van der Waals surface area (Å²) in [7, 11) is 0. The Labute approximate surface area is 93.6 Å². The molecule has 0 saturated carbocycles. The number of carbonyl (C=O) groups is 1. The zero-order chi connectivity index (χ0) is 10.8. The first-order chi connectivity index (χ1) is 7.18. The minimum atomic E-state index is 0.0107. The van der Waals surface area contributed by atoms with Crippen molar-refractivity contribution in [2.75, 3.05) is 13.2 Å². The van der Waals surface area contributed by atoms with Gasteiger partial charge in [0.25, 0.3) is 5.91 Å². The molecule has 0 aromatic carbocycles. The van der Waals surface area contributed by atoms with Crippen molar-refractivity contribution in [1.82, 2.24) is 5.06 Å². The van der Waals surface area contributed by atoms with Gasteiger partial charge in [0.1, 0.15) is 0 Å². The summed E-state index contributed by atoms with van der Waals surface area (Å²) in [4.78, 5) is 19.6. The van der Waals surface area contributed by atoms with E-state index in [-0.39, 0.29) is 5.91 Å². The first-order valence-corrected chi connectivity index (χ1v) is 6.02. The normalized spacial score (nSPS) is 16.8. The van der Waals surface area contributed by atoms with Gasteiger partial charge in [-0.2, -0.15) is 0 Å². The molecule has 2 rings (SSSR count). The lowest BCUT2D eigenvalue weighted by Crippen LogP contribution is -2.35. The zero-order valence-corrected chi connectivity index (χ0v) is 9.89. The van der Waals surface area contributed by atoms with Gasteiger partial charge in [-0.25, -0.2) is 5.06 Å². The van der Waals surface area contributed by atoms with Crippen LogP contribution in [0.2, 0.25) is 0 Å². The van der Waals surface area contributed by atoms with E-state index in [1.54, 1.807) is 11.3 Å². The van der Waals surface area contributed by atoms with E-state index in [2.05, 4.69) is 0 Å². The Kier molecular flexibility index (Phi) is 3.07. The number of nitrogens with zero attached hydrogens (tertiary/aromatic N) is 1. The predicted molar refractivity (Wildman–Crippen MR) is 60.0 cm³/mol. The van der Waals surface area contributed by atoms with E-state index in [0.717, 1.165) is 23.3 Å². The van der Waals surface area contributed by atoms with E-state index in [1.165, 1.54) is 9.94 Å². The number of hydrogen-bond donors (Lipinski definition) is 0. The molecule has 4 heteroatoms. The second-order valence-electron chi connectivity index (χ2n) is 3.77. The van der Waals surface area contributed by atoms with Crippen molar-refractivity contribution in [3.8, 4) is 0 Å². The average Bonchev–Trinajstić information content (AvgIpc) is 2.58. The Hall–Kier alpha value is -0.870. The van der Waals surface area contributed by atoms with Gasteiger partial charge in [-0.1, -0.05) is 0 Å². The van der Waals surface area contributed by atoms with Crippen LogP contribution in [0.1, 0.15) is 33.0 Å². The summed E-state index contributed by atoms with van der Waals surface area (Å²) in [6.07, 6.45) is 2.08. The molecular formula is C11H15NO2S. The van der Waals surface area contributed by atoms with Crippen molar-refractivity contribution in [2.24, 2.45) is 0 Å². The Morgan fingerprint density at radius 1 is 1.47 bits per heavy atom. The maximum atomic E-state index is 12.0. The van der Waals surface area contributed by atoms with Crippen molar-refractivity contribution in [3.05, 3.63) is 21.4 Å². The van der Waals surface area contributed by atoms with E-state index < -0.39 is 0 Å². The number of hydrogen-bond acceptors (Lipinski definition) is 3. The SMILES string of the molecule is Cc1cc(C(=O)N2CCCCO2)c(C)s1. The third kappa shape index (κ3) is 2.21. The maximum Gasteiger partial charge on any atom is 0.278 e. The molecule has 1 aliphatic rings. The van der Waals surface area contributed by atoms with Crippen molar-refractivity contribution in [2.45, 2.75) is 26.7 Å².